The molecule has 6 nitrogen and oxygen atoms in total. The third-order valence-electron chi connectivity index (χ3n) is 4.98. The molecule has 1 aliphatic rings. The largest absolute Gasteiger partial charge is 0.481 e. The van der Waals surface area contributed by atoms with Gasteiger partial charge in [-0.3, -0.25) is 4.79 Å². The maximum atomic E-state index is 13.1. The number of amides is 1. The van der Waals surface area contributed by atoms with Gasteiger partial charge >= 0.3 is 12.1 Å². The lowest BCUT2D eigenvalue weighted by Gasteiger charge is -2.21. The number of nitrogens with zero attached hydrogens (tertiary/aromatic N) is 2. The van der Waals surface area contributed by atoms with Crippen LogP contribution in [0.5, 0.6) is 0 Å². The van der Waals surface area contributed by atoms with Gasteiger partial charge in [0.1, 0.15) is 6.61 Å². The highest BCUT2D eigenvalue weighted by atomic mass is 32.1. The van der Waals surface area contributed by atoms with Gasteiger partial charge in [0.15, 0.2) is 5.13 Å². The second-order valence-electron chi connectivity index (χ2n) is 7.00. The first-order valence-electron chi connectivity index (χ1n) is 9.51. The Labute approximate surface area is 180 Å². The van der Waals surface area contributed by atoms with Crippen molar-refractivity contribution in [2.45, 2.75) is 18.8 Å². The summed E-state index contributed by atoms with van der Waals surface area (Å²) in [5, 5.41) is 10.3. The molecular weight excluding hydrogens is 426 g/mol. The summed E-state index contributed by atoms with van der Waals surface area (Å²) in [5.74, 6) is -1.30. The molecule has 2 aromatic carbocycles. The SMILES string of the molecule is O=C(O)Cc1csc(N(CC(F)F)C(=O)OCC2c3ccccc3-c3ccccc32)n1. The smallest absolute Gasteiger partial charge is 0.416 e. The number of aromatic nitrogens is 1. The first-order chi connectivity index (χ1) is 14.9. The molecule has 4 rings (SSSR count). The third kappa shape index (κ3) is 4.41. The van der Waals surface area contributed by atoms with Gasteiger partial charge in [0, 0.05) is 11.3 Å². The average molecular weight is 444 g/mol. The molecule has 3 aromatic rings. The van der Waals surface area contributed by atoms with Gasteiger partial charge in [-0.2, -0.15) is 0 Å². The van der Waals surface area contributed by atoms with E-state index in [9.17, 15) is 18.4 Å². The Hall–Kier alpha value is -3.33. The molecule has 1 aliphatic carbocycles. The molecule has 9 heteroatoms. The van der Waals surface area contributed by atoms with Gasteiger partial charge in [0.05, 0.1) is 18.7 Å². The van der Waals surface area contributed by atoms with Crippen LogP contribution in [-0.4, -0.2) is 41.7 Å². The van der Waals surface area contributed by atoms with E-state index in [1.165, 1.54) is 5.38 Å². The molecule has 0 spiro atoms. The molecule has 1 aromatic heterocycles. The van der Waals surface area contributed by atoms with Gasteiger partial charge in [0.2, 0.25) is 0 Å². The van der Waals surface area contributed by atoms with E-state index in [1.54, 1.807) is 0 Å². The van der Waals surface area contributed by atoms with E-state index in [0.29, 0.717) is 0 Å². The number of carbonyl (C=O) groups is 2. The number of rotatable bonds is 7. The van der Waals surface area contributed by atoms with E-state index in [1.807, 2.05) is 48.5 Å². The summed E-state index contributed by atoms with van der Waals surface area (Å²) in [6.07, 6.45) is -4.10. The normalized spacial score (nSPS) is 12.5. The van der Waals surface area contributed by atoms with Gasteiger partial charge in [-0.05, 0) is 22.3 Å². The number of hydrogen-bond acceptors (Lipinski definition) is 5. The predicted molar refractivity (Wildman–Crippen MR) is 112 cm³/mol. The zero-order chi connectivity index (χ0) is 22.0. The molecule has 0 bridgehead atoms. The van der Waals surface area contributed by atoms with Gasteiger partial charge in [-0.15, -0.1) is 11.3 Å². The maximum absolute atomic E-state index is 13.1. The van der Waals surface area contributed by atoms with E-state index < -0.39 is 25.0 Å². The highest BCUT2D eigenvalue weighted by molar-refractivity contribution is 7.14. The topological polar surface area (TPSA) is 79.7 Å². The second-order valence-corrected chi connectivity index (χ2v) is 7.83. The van der Waals surface area contributed by atoms with Crippen molar-refractivity contribution in [3.8, 4) is 11.1 Å². The van der Waals surface area contributed by atoms with Crippen LogP contribution in [0.25, 0.3) is 11.1 Å². The minimum atomic E-state index is -2.80. The molecular formula is C22H18F2N2O4S. The second kappa shape index (κ2) is 8.81. The lowest BCUT2D eigenvalue weighted by Crippen LogP contribution is -2.36. The summed E-state index contributed by atoms with van der Waals surface area (Å²) in [4.78, 5) is 28.3. The highest BCUT2D eigenvalue weighted by Crippen LogP contribution is 2.44. The van der Waals surface area contributed by atoms with Crippen LogP contribution in [0.1, 0.15) is 22.7 Å². The van der Waals surface area contributed by atoms with Crippen LogP contribution >= 0.6 is 11.3 Å². The van der Waals surface area contributed by atoms with Crippen molar-refractivity contribution in [2.24, 2.45) is 0 Å². The third-order valence-corrected chi connectivity index (χ3v) is 5.89. The molecule has 0 radical (unpaired) electrons. The first kappa shape index (κ1) is 20.9. The summed E-state index contributed by atoms with van der Waals surface area (Å²) in [7, 11) is 0. The van der Waals surface area contributed by atoms with E-state index >= 15 is 0 Å². The van der Waals surface area contributed by atoms with Crippen LogP contribution in [0.2, 0.25) is 0 Å². The number of carboxylic acid groups (broad SMARTS) is 1. The lowest BCUT2D eigenvalue weighted by molar-refractivity contribution is -0.136. The standard InChI is InChI=1S/C22H18F2N2O4S/c23-19(24)10-26(21-25-13(12-31-21)9-20(27)28)22(29)30-11-18-16-7-3-1-5-14(16)15-6-2-4-8-17(15)18/h1-8,12,18-19H,9-11H2,(H,27,28). The van der Waals surface area contributed by atoms with Crippen LogP contribution in [-0.2, 0) is 16.0 Å². The molecule has 0 saturated heterocycles. The van der Waals surface area contributed by atoms with E-state index in [4.69, 9.17) is 9.84 Å². The molecule has 0 unspecified atom stereocenters. The Morgan fingerprint density at radius 1 is 1.10 bits per heavy atom. The minimum absolute atomic E-state index is 0.0139. The number of aliphatic carboxylic acids is 1. The molecule has 160 valence electrons. The lowest BCUT2D eigenvalue weighted by atomic mass is 9.98. The minimum Gasteiger partial charge on any atom is -0.481 e. The maximum Gasteiger partial charge on any atom is 0.416 e. The summed E-state index contributed by atoms with van der Waals surface area (Å²) in [5.41, 5.74) is 4.33. The van der Waals surface area contributed by atoms with Crippen molar-refractivity contribution >= 4 is 28.5 Å². The number of carbonyl (C=O) groups excluding carboxylic acids is 1. The number of ether oxygens (including phenoxy) is 1. The number of fused-ring (bicyclic) bond motifs is 3. The summed E-state index contributed by atoms with van der Waals surface area (Å²) < 4.78 is 31.7. The molecule has 31 heavy (non-hydrogen) atoms. The van der Waals surface area contributed by atoms with Crippen molar-refractivity contribution in [1.82, 2.24) is 4.98 Å². The number of halogens is 2. The highest BCUT2D eigenvalue weighted by Gasteiger charge is 2.31. The van der Waals surface area contributed by atoms with Crippen molar-refractivity contribution in [1.29, 1.82) is 0 Å². The Bertz CT molecular complexity index is 1070. The number of carboxylic acids is 1. The van der Waals surface area contributed by atoms with Crippen molar-refractivity contribution in [3.63, 3.8) is 0 Å². The fourth-order valence-electron chi connectivity index (χ4n) is 3.70. The molecule has 0 fully saturated rings. The van der Waals surface area contributed by atoms with E-state index in [-0.39, 0.29) is 29.8 Å². The molecule has 1 heterocycles. The molecule has 1 amide bonds. The number of anilines is 1. The van der Waals surface area contributed by atoms with Crippen LogP contribution in [0, 0.1) is 0 Å². The quantitative estimate of drug-likeness (QED) is 0.567. The van der Waals surface area contributed by atoms with Crippen LogP contribution in [0.3, 0.4) is 0 Å². The van der Waals surface area contributed by atoms with Crippen LogP contribution in [0.4, 0.5) is 18.7 Å². The predicted octanol–water partition coefficient (Wildman–Crippen LogP) is 4.79. The Morgan fingerprint density at radius 2 is 1.71 bits per heavy atom. The average Bonchev–Trinajstić information content (AvgIpc) is 3.32. The molecule has 0 atom stereocenters. The van der Waals surface area contributed by atoms with E-state index in [2.05, 4.69) is 4.98 Å². The molecule has 0 saturated carbocycles. The fraction of sp³-hybridized carbons (Fsp3) is 0.227. The molecule has 0 aliphatic heterocycles. The number of thiazole rings is 1. The van der Waals surface area contributed by atoms with E-state index in [0.717, 1.165) is 38.5 Å². The summed E-state index contributed by atoms with van der Waals surface area (Å²) in [6.45, 7) is -0.906. The Kier molecular flexibility index (Phi) is 5.94. The first-order valence-corrected chi connectivity index (χ1v) is 10.4. The fourth-order valence-corrected chi connectivity index (χ4v) is 4.52. The summed E-state index contributed by atoms with van der Waals surface area (Å²) in [6, 6.07) is 15.6. The van der Waals surface area contributed by atoms with Gasteiger partial charge in [-0.1, -0.05) is 48.5 Å². The Morgan fingerprint density at radius 3 is 2.29 bits per heavy atom. The summed E-state index contributed by atoms with van der Waals surface area (Å²) >= 11 is 0.923. The monoisotopic (exact) mass is 444 g/mol. The zero-order valence-electron chi connectivity index (χ0n) is 16.2. The van der Waals surface area contributed by atoms with Gasteiger partial charge in [0.25, 0.3) is 6.43 Å². The van der Waals surface area contributed by atoms with Gasteiger partial charge in [-0.25, -0.2) is 23.5 Å². The van der Waals surface area contributed by atoms with Crippen LogP contribution in [0.15, 0.2) is 53.9 Å². The zero-order valence-corrected chi connectivity index (χ0v) is 17.0. The van der Waals surface area contributed by atoms with Crippen molar-refractivity contribution in [2.75, 3.05) is 18.1 Å². The number of benzene rings is 2. The molecule has 1 N–H and O–H groups in total. The van der Waals surface area contributed by atoms with Gasteiger partial charge < -0.3 is 9.84 Å². The Balaban J connectivity index is 1.53. The van der Waals surface area contributed by atoms with Crippen molar-refractivity contribution < 1.29 is 28.2 Å². The van der Waals surface area contributed by atoms with Crippen LogP contribution < -0.4 is 4.90 Å². The number of alkyl halides is 2. The van der Waals surface area contributed by atoms with Crippen molar-refractivity contribution in [3.05, 3.63) is 70.7 Å². The number of hydrogen-bond donors (Lipinski definition) is 1.